The van der Waals surface area contributed by atoms with Gasteiger partial charge in [0.25, 0.3) is 5.91 Å². The summed E-state index contributed by atoms with van der Waals surface area (Å²) in [7, 11) is 0. The number of halogens is 4. The monoisotopic (exact) mass is 485 g/mol. The second-order valence-corrected chi connectivity index (χ2v) is 8.44. The lowest BCUT2D eigenvalue weighted by molar-refractivity contribution is -0.144. The summed E-state index contributed by atoms with van der Waals surface area (Å²) in [5.74, 6) is -5.54. The molecule has 0 saturated heterocycles. The first kappa shape index (κ1) is 24.3. The largest absolute Gasteiger partial charge is 0.484 e. The summed E-state index contributed by atoms with van der Waals surface area (Å²) in [6, 6.07) is 14.2. The molecule has 0 fully saturated rings. The Labute approximate surface area is 199 Å². The predicted molar refractivity (Wildman–Crippen MR) is 124 cm³/mol. The number of benzene rings is 3. The number of aryl methyl sites for hydroxylation is 1. The number of nitrogens with one attached hydrogen (secondary N) is 1. The van der Waals surface area contributed by atoms with E-state index in [0.717, 1.165) is 5.52 Å². The van der Waals surface area contributed by atoms with Crippen molar-refractivity contribution < 1.29 is 27.1 Å². The number of carbonyl (C=O) groups is 1. The number of hydrogen-bond acceptors (Lipinski definition) is 3. The highest BCUT2D eigenvalue weighted by Crippen LogP contribution is 2.31. The van der Waals surface area contributed by atoms with Crippen LogP contribution in [0.3, 0.4) is 0 Å². The molecular formula is C26H23F4N3O2. The number of fused-ring (bicyclic) bond motifs is 1. The highest BCUT2D eigenvalue weighted by atomic mass is 19.3. The Bertz CT molecular complexity index is 1360. The van der Waals surface area contributed by atoms with Crippen molar-refractivity contribution in [2.45, 2.75) is 38.8 Å². The molecule has 0 aliphatic heterocycles. The summed E-state index contributed by atoms with van der Waals surface area (Å²) in [4.78, 5) is 11.9. The second-order valence-electron chi connectivity index (χ2n) is 8.44. The van der Waals surface area contributed by atoms with Crippen LogP contribution in [0.4, 0.5) is 17.6 Å². The number of aromatic nitrogens is 2. The van der Waals surface area contributed by atoms with E-state index in [-0.39, 0.29) is 5.82 Å². The van der Waals surface area contributed by atoms with Gasteiger partial charge in [0.2, 0.25) is 0 Å². The Kier molecular flexibility index (Phi) is 6.51. The van der Waals surface area contributed by atoms with E-state index in [9.17, 15) is 22.4 Å². The second kappa shape index (κ2) is 9.40. The quantitative estimate of drug-likeness (QED) is 0.332. The molecule has 0 radical (unpaired) electrons. The lowest BCUT2D eigenvalue weighted by atomic mass is 9.98. The van der Waals surface area contributed by atoms with E-state index in [1.807, 2.05) is 0 Å². The third kappa shape index (κ3) is 5.29. The zero-order valence-corrected chi connectivity index (χ0v) is 19.2. The Morgan fingerprint density at radius 1 is 1.03 bits per heavy atom. The van der Waals surface area contributed by atoms with Crippen LogP contribution >= 0.6 is 0 Å². The van der Waals surface area contributed by atoms with E-state index in [1.54, 1.807) is 54.2 Å². The number of carbonyl (C=O) groups excluding carboxylic acids is 1. The lowest BCUT2D eigenvalue weighted by Crippen LogP contribution is -2.46. The minimum absolute atomic E-state index is 0.360. The van der Waals surface area contributed by atoms with Gasteiger partial charge in [-0.05, 0) is 74.0 Å². The Morgan fingerprint density at radius 2 is 1.71 bits per heavy atom. The van der Waals surface area contributed by atoms with Gasteiger partial charge in [0.15, 0.2) is 0 Å². The molecule has 0 saturated carbocycles. The number of nitrogens with zero attached hydrogens (tertiary/aromatic N) is 2. The number of ether oxygens (including phenoxy) is 1. The normalized spacial score (nSPS) is 13.5. The van der Waals surface area contributed by atoms with Gasteiger partial charge < -0.3 is 10.1 Å². The fourth-order valence-electron chi connectivity index (χ4n) is 3.78. The average Bonchev–Trinajstić information content (AvgIpc) is 3.22. The first-order chi connectivity index (χ1) is 16.5. The van der Waals surface area contributed by atoms with Gasteiger partial charge in [-0.15, -0.1) is 0 Å². The maximum atomic E-state index is 14.1. The van der Waals surface area contributed by atoms with Crippen LogP contribution in [0.15, 0.2) is 66.9 Å². The molecule has 0 bridgehead atoms. The first-order valence-electron chi connectivity index (χ1n) is 10.9. The molecule has 0 spiro atoms. The van der Waals surface area contributed by atoms with E-state index < -0.39 is 29.8 Å². The summed E-state index contributed by atoms with van der Waals surface area (Å²) in [5, 5.41) is 7.33. The molecule has 4 aromatic rings. The third-order valence-electron chi connectivity index (χ3n) is 5.63. The first-order valence-corrected chi connectivity index (χ1v) is 10.9. The summed E-state index contributed by atoms with van der Waals surface area (Å²) in [6.45, 7) is 3.76. The van der Waals surface area contributed by atoms with Crippen molar-refractivity contribution in [2.75, 3.05) is 0 Å². The van der Waals surface area contributed by atoms with Gasteiger partial charge in [0, 0.05) is 17.9 Å². The van der Waals surface area contributed by atoms with Gasteiger partial charge in [-0.2, -0.15) is 13.9 Å². The number of hydrogen-bond donors (Lipinski definition) is 1. The standard InChI is InChI=1S/C26H23F4N3O2/c1-15-4-5-19(28)13-22(15)24(16(2)32-25(34)26(3,29)30)35-21-10-11-23-17(12-21)14-31-33(23)20-8-6-18(27)7-9-20/h4-14,16,24H,1-3H3,(H,32,34)/t16-,24+/m0/s1. The molecule has 3 aromatic carbocycles. The maximum Gasteiger partial charge on any atom is 0.321 e. The van der Waals surface area contributed by atoms with Crippen molar-refractivity contribution in [3.8, 4) is 11.4 Å². The molecule has 1 amide bonds. The number of alkyl halides is 2. The maximum absolute atomic E-state index is 14.1. The summed E-state index contributed by atoms with van der Waals surface area (Å²) in [6.07, 6.45) is 0.651. The molecule has 2 atom stereocenters. The van der Waals surface area contributed by atoms with Crippen molar-refractivity contribution >= 4 is 16.8 Å². The van der Waals surface area contributed by atoms with Crippen LogP contribution in [0, 0.1) is 18.6 Å². The molecule has 5 nitrogen and oxygen atoms in total. The van der Waals surface area contributed by atoms with Crippen molar-refractivity contribution in [1.82, 2.24) is 15.1 Å². The van der Waals surface area contributed by atoms with Gasteiger partial charge >= 0.3 is 5.92 Å². The minimum atomic E-state index is -3.58. The smallest absolute Gasteiger partial charge is 0.321 e. The summed E-state index contributed by atoms with van der Waals surface area (Å²) < 4.78 is 62.1. The van der Waals surface area contributed by atoms with Crippen molar-refractivity contribution in [3.63, 3.8) is 0 Å². The van der Waals surface area contributed by atoms with E-state index >= 15 is 0 Å². The molecule has 1 heterocycles. The van der Waals surface area contributed by atoms with Gasteiger partial charge in [0.05, 0.1) is 23.4 Å². The fraction of sp³-hybridized carbons (Fsp3) is 0.231. The predicted octanol–water partition coefficient (Wildman–Crippen LogP) is 5.89. The topological polar surface area (TPSA) is 56.1 Å². The van der Waals surface area contributed by atoms with Gasteiger partial charge in [-0.25, -0.2) is 13.5 Å². The molecule has 1 aromatic heterocycles. The minimum Gasteiger partial charge on any atom is -0.484 e. The Morgan fingerprint density at radius 3 is 2.40 bits per heavy atom. The van der Waals surface area contributed by atoms with Crippen LogP contribution in [0.2, 0.25) is 0 Å². The molecule has 0 unspecified atom stereocenters. The van der Waals surface area contributed by atoms with Crippen molar-refractivity contribution in [3.05, 3.63) is 89.6 Å². The van der Waals surface area contributed by atoms with Gasteiger partial charge in [0.1, 0.15) is 23.5 Å². The van der Waals surface area contributed by atoms with Crippen molar-refractivity contribution in [1.29, 1.82) is 0 Å². The zero-order valence-electron chi connectivity index (χ0n) is 19.2. The molecule has 0 aliphatic carbocycles. The van der Waals surface area contributed by atoms with E-state index in [1.165, 1.54) is 31.2 Å². The highest BCUT2D eigenvalue weighted by molar-refractivity contribution is 5.83. The van der Waals surface area contributed by atoms with Crippen LogP contribution in [-0.2, 0) is 4.79 Å². The lowest BCUT2D eigenvalue weighted by Gasteiger charge is -2.28. The SMILES string of the molecule is Cc1ccc(F)cc1[C@H](Oc1ccc2c(cnn2-c2ccc(F)cc2)c1)[C@H](C)NC(=O)C(C)(F)F. The van der Waals surface area contributed by atoms with E-state index in [4.69, 9.17) is 4.74 Å². The Balaban J connectivity index is 1.68. The molecule has 4 rings (SSSR count). The molecule has 35 heavy (non-hydrogen) atoms. The van der Waals surface area contributed by atoms with Crippen LogP contribution < -0.4 is 10.1 Å². The van der Waals surface area contributed by atoms with E-state index in [0.29, 0.717) is 34.9 Å². The van der Waals surface area contributed by atoms with E-state index in [2.05, 4.69) is 10.4 Å². The van der Waals surface area contributed by atoms with Crippen LogP contribution in [0.5, 0.6) is 5.75 Å². The van der Waals surface area contributed by atoms with Gasteiger partial charge in [-0.3, -0.25) is 4.79 Å². The third-order valence-corrected chi connectivity index (χ3v) is 5.63. The van der Waals surface area contributed by atoms with Crippen LogP contribution in [0.1, 0.15) is 31.1 Å². The van der Waals surface area contributed by atoms with Crippen LogP contribution in [-0.4, -0.2) is 27.7 Å². The summed E-state index contributed by atoms with van der Waals surface area (Å²) in [5.41, 5.74) is 2.49. The molecule has 1 N–H and O–H groups in total. The molecular weight excluding hydrogens is 462 g/mol. The Hall–Kier alpha value is -3.88. The van der Waals surface area contributed by atoms with Crippen molar-refractivity contribution in [2.24, 2.45) is 0 Å². The fourth-order valence-corrected chi connectivity index (χ4v) is 3.78. The number of rotatable bonds is 7. The number of amides is 1. The zero-order chi connectivity index (χ0) is 25.3. The van der Waals surface area contributed by atoms with Crippen LogP contribution in [0.25, 0.3) is 16.6 Å². The molecule has 182 valence electrons. The average molecular weight is 485 g/mol. The molecule has 9 heteroatoms. The van der Waals surface area contributed by atoms with Gasteiger partial charge in [-0.1, -0.05) is 6.07 Å². The summed E-state index contributed by atoms with van der Waals surface area (Å²) >= 11 is 0. The highest BCUT2D eigenvalue weighted by Gasteiger charge is 2.35. The molecule has 0 aliphatic rings.